The average Bonchev–Trinajstić information content (AvgIpc) is 2.63. The molecule has 0 saturated heterocycles. The molecular weight excluding hydrogens is 210 g/mol. The number of benzene rings is 1. The molecule has 0 aliphatic carbocycles. The molecule has 84 valence electrons. The lowest BCUT2D eigenvalue weighted by Crippen LogP contribution is -2.02. The summed E-state index contributed by atoms with van der Waals surface area (Å²) in [7, 11) is 0. The maximum atomic E-state index is 13.1. The van der Waals surface area contributed by atoms with Crippen LogP contribution in [0.2, 0.25) is 0 Å². The second-order valence-corrected chi connectivity index (χ2v) is 3.91. The molecule has 2 aromatic rings. The molecule has 2 nitrogen and oxygen atoms in total. The van der Waals surface area contributed by atoms with Gasteiger partial charge in [0.1, 0.15) is 17.5 Å². The van der Waals surface area contributed by atoms with Gasteiger partial charge in [0.15, 0.2) is 0 Å². The fourth-order valence-corrected chi connectivity index (χ4v) is 1.64. The molecule has 0 aliphatic heterocycles. The third kappa shape index (κ3) is 1.96. The molecule has 1 aromatic heterocycles. The van der Waals surface area contributed by atoms with Crippen molar-refractivity contribution in [2.45, 2.75) is 19.9 Å². The molecule has 2 rings (SSSR count). The molecule has 0 fully saturated rings. The van der Waals surface area contributed by atoms with Crippen molar-refractivity contribution in [2.24, 2.45) is 0 Å². The van der Waals surface area contributed by atoms with Crippen LogP contribution in [0.3, 0.4) is 0 Å². The fourth-order valence-electron chi connectivity index (χ4n) is 1.64. The lowest BCUT2D eigenvalue weighted by atomic mass is 10.2. The van der Waals surface area contributed by atoms with E-state index in [1.54, 1.807) is 12.4 Å². The van der Waals surface area contributed by atoms with Crippen LogP contribution in [-0.4, -0.2) is 9.55 Å². The zero-order valence-corrected chi connectivity index (χ0v) is 9.11. The Labute approximate surface area is 92.6 Å². The summed E-state index contributed by atoms with van der Waals surface area (Å²) in [5.41, 5.74) is 0.455. The van der Waals surface area contributed by atoms with Crippen molar-refractivity contribution in [3.63, 3.8) is 0 Å². The van der Waals surface area contributed by atoms with Gasteiger partial charge in [-0.25, -0.2) is 13.8 Å². The predicted octanol–water partition coefficient (Wildman–Crippen LogP) is 3.41. The Morgan fingerprint density at radius 2 is 1.75 bits per heavy atom. The summed E-state index contributed by atoms with van der Waals surface area (Å²) in [6.07, 6.45) is 3.42. The highest BCUT2D eigenvalue weighted by Crippen LogP contribution is 2.22. The van der Waals surface area contributed by atoms with E-state index in [1.165, 1.54) is 12.1 Å². The van der Waals surface area contributed by atoms with Crippen LogP contribution in [0.5, 0.6) is 0 Å². The number of hydrogen-bond donors (Lipinski definition) is 0. The van der Waals surface area contributed by atoms with Gasteiger partial charge in [0.05, 0.1) is 0 Å². The van der Waals surface area contributed by atoms with E-state index in [0.29, 0.717) is 11.4 Å². The van der Waals surface area contributed by atoms with E-state index in [0.717, 1.165) is 6.07 Å². The number of aromatic nitrogens is 2. The summed E-state index contributed by atoms with van der Waals surface area (Å²) in [6, 6.07) is 3.62. The molecule has 0 radical (unpaired) electrons. The molecule has 1 aromatic carbocycles. The zero-order chi connectivity index (χ0) is 11.7. The van der Waals surface area contributed by atoms with Crippen LogP contribution >= 0.6 is 0 Å². The summed E-state index contributed by atoms with van der Waals surface area (Å²) in [4.78, 5) is 4.12. The predicted molar refractivity (Wildman–Crippen MR) is 58.0 cm³/mol. The molecule has 1 heterocycles. The largest absolute Gasteiger partial charge is 0.328 e. The molecule has 0 amide bonds. The van der Waals surface area contributed by atoms with Gasteiger partial charge in [-0.3, -0.25) is 0 Å². The lowest BCUT2D eigenvalue weighted by molar-refractivity contribution is 0.580. The van der Waals surface area contributed by atoms with Crippen molar-refractivity contribution in [3.8, 4) is 11.4 Å². The lowest BCUT2D eigenvalue weighted by Gasteiger charge is -2.11. The minimum absolute atomic E-state index is 0.198. The number of imidazole rings is 1. The normalized spacial score (nSPS) is 11.1. The number of halogens is 2. The van der Waals surface area contributed by atoms with Crippen LogP contribution in [0.1, 0.15) is 19.9 Å². The number of hydrogen-bond acceptors (Lipinski definition) is 1. The van der Waals surface area contributed by atoms with Gasteiger partial charge in [0, 0.05) is 30.1 Å². The average molecular weight is 222 g/mol. The Kier molecular flexibility index (Phi) is 2.73. The summed E-state index contributed by atoms with van der Waals surface area (Å²) in [5, 5.41) is 0. The Morgan fingerprint density at radius 3 is 2.31 bits per heavy atom. The van der Waals surface area contributed by atoms with Crippen molar-refractivity contribution in [1.29, 1.82) is 0 Å². The Hall–Kier alpha value is -1.71. The summed E-state index contributed by atoms with van der Waals surface area (Å²) < 4.78 is 28.0. The van der Waals surface area contributed by atoms with E-state index in [2.05, 4.69) is 4.98 Å². The first-order valence-corrected chi connectivity index (χ1v) is 5.07. The highest BCUT2D eigenvalue weighted by atomic mass is 19.1. The topological polar surface area (TPSA) is 17.8 Å². The van der Waals surface area contributed by atoms with Gasteiger partial charge in [-0.05, 0) is 26.0 Å². The first kappa shape index (κ1) is 10.8. The molecule has 16 heavy (non-hydrogen) atoms. The number of rotatable bonds is 2. The van der Waals surface area contributed by atoms with Crippen molar-refractivity contribution < 1.29 is 8.78 Å². The summed E-state index contributed by atoms with van der Waals surface area (Å²) in [6.45, 7) is 3.97. The van der Waals surface area contributed by atoms with Crippen molar-refractivity contribution >= 4 is 0 Å². The summed E-state index contributed by atoms with van der Waals surface area (Å²) in [5.74, 6) is -0.602. The highest BCUT2D eigenvalue weighted by molar-refractivity contribution is 5.55. The van der Waals surface area contributed by atoms with Gasteiger partial charge in [0.25, 0.3) is 0 Å². The minimum Gasteiger partial charge on any atom is -0.328 e. The minimum atomic E-state index is -0.590. The molecule has 0 bridgehead atoms. The van der Waals surface area contributed by atoms with E-state index >= 15 is 0 Å². The molecule has 0 saturated carbocycles. The van der Waals surface area contributed by atoms with Crippen LogP contribution in [-0.2, 0) is 0 Å². The van der Waals surface area contributed by atoms with Gasteiger partial charge in [-0.2, -0.15) is 0 Å². The van der Waals surface area contributed by atoms with Gasteiger partial charge in [-0.15, -0.1) is 0 Å². The maximum Gasteiger partial charge on any atom is 0.140 e. The van der Waals surface area contributed by atoms with Gasteiger partial charge in [0.2, 0.25) is 0 Å². The van der Waals surface area contributed by atoms with Gasteiger partial charge >= 0.3 is 0 Å². The second kappa shape index (κ2) is 4.04. The molecular formula is C12H12F2N2. The fraction of sp³-hybridized carbons (Fsp3) is 0.250. The SMILES string of the molecule is CC(C)n1ccnc1-c1cc(F)cc(F)c1. The molecule has 0 spiro atoms. The van der Waals surface area contributed by atoms with E-state index in [-0.39, 0.29) is 6.04 Å². The highest BCUT2D eigenvalue weighted by Gasteiger charge is 2.10. The van der Waals surface area contributed by atoms with Crippen molar-refractivity contribution in [1.82, 2.24) is 9.55 Å². The van der Waals surface area contributed by atoms with Crippen LogP contribution in [0.15, 0.2) is 30.6 Å². The summed E-state index contributed by atoms with van der Waals surface area (Å²) >= 11 is 0. The maximum absolute atomic E-state index is 13.1. The van der Waals surface area contributed by atoms with E-state index in [1.807, 2.05) is 18.4 Å². The van der Waals surface area contributed by atoms with Crippen molar-refractivity contribution in [3.05, 3.63) is 42.2 Å². The standard InChI is InChI=1S/C12H12F2N2/c1-8(2)16-4-3-15-12(16)9-5-10(13)7-11(14)6-9/h3-8H,1-2H3. The van der Waals surface area contributed by atoms with Crippen molar-refractivity contribution in [2.75, 3.05) is 0 Å². The number of nitrogens with zero attached hydrogens (tertiary/aromatic N) is 2. The van der Waals surface area contributed by atoms with Gasteiger partial charge in [-0.1, -0.05) is 0 Å². The molecule has 4 heteroatoms. The van der Waals surface area contributed by atoms with Crippen LogP contribution < -0.4 is 0 Å². The molecule has 0 N–H and O–H groups in total. The third-order valence-electron chi connectivity index (χ3n) is 2.35. The Balaban J connectivity index is 2.54. The van der Waals surface area contributed by atoms with E-state index in [4.69, 9.17) is 0 Å². The van der Waals surface area contributed by atoms with E-state index < -0.39 is 11.6 Å². The van der Waals surface area contributed by atoms with Crippen LogP contribution in [0.25, 0.3) is 11.4 Å². The smallest absolute Gasteiger partial charge is 0.140 e. The van der Waals surface area contributed by atoms with E-state index in [9.17, 15) is 8.78 Å². The third-order valence-corrected chi connectivity index (χ3v) is 2.35. The first-order chi connectivity index (χ1) is 7.58. The molecule has 0 unspecified atom stereocenters. The molecule has 0 atom stereocenters. The zero-order valence-electron chi connectivity index (χ0n) is 9.11. The molecule has 0 aliphatic rings. The quantitative estimate of drug-likeness (QED) is 0.761. The van der Waals surface area contributed by atoms with Crippen LogP contribution in [0.4, 0.5) is 8.78 Å². The Bertz CT molecular complexity index is 483. The van der Waals surface area contributed by atoms with Gasteiger partial charge < -0.3 is 4.57 Å². The monoisotopic (exact) mass is 222 g/mol. The Morgan fingerprint density at radius 1 is 1.12 bits per heavy atom. The van der Waals surface area contributed by atoms with Crippen LogP contribution in [0, 0.1) is 11.6 Å². The second-order valence-electron chi connectivity index (χ2n) is 3.91. The first-order valence-electron chi connectivity index (χ1n) is 5.07.